The van der Waals surface area contributed by atoms with Gasteiger partial charge in [0.25, 0.3) is 0 Å². The Morgan fingerprint density at radius 3 is 2.61 bits per heavy atom. The van der Waals surface area contributed by atoms with Gasteiger partial charge in [0, 0.05) is 35.2 Å². The standard InChI is InChI=1S/C25H30Cl2N4O2/c1-25(2,3)33-24(32)30-13-7-8-17(15-30)14-28-23-29-21-11-4-5-12-22(21)31(23)16-18-19(26)9-6-10-20(18)27/h4-6,9-12,17H,7-8,13-16H2,1-3H3,(H,28,29). The molecule has 1 aliphatic rings. The van der Waals surface area contributed by atoms with Crippen LogP contribution in [0.15, 0.2) is 42.5 Å². The van der Waals surface area contributed by atoms with Gasteiger partial charge in [-0.25, -0.2) is 9.78 Å². The number of para-hydroxylation sites is 2. The monoisotopic (exact) mass is 488 g/mol. The molecule has 1 amide bonds. The van der Waals surface area contributed by atoms with Crippen LogP contribution in [-0.4, -0.2) is 45.8 Å². The van der Waals surface area contributed by atoms with Gasteiger partial charge in [0.05, 0.1) is 17.6 Å². The lowest BCUT2D eigenvalue weighted by atomic mass is 9.98. The number of nitrogens with zero attached hydrogens (tertiary/aromatic N) is 3. The molecule has 0 spiro atoms. The number of piperidine rings is 1. The van der Waals surface area contributed by atoms with E-state index in [0.29, 0.717) is 35.6 Å². The summed E-state index contributed by atoms with van der Waals surface area (Å²) in [6, 6.07) is 13.6. The highest BCUT2D eigenvalue weighted by Crippen LogP contribution is 2.29. The van der Waals surface area contributed by atoms with Crippen molar-refractivity contribution in [2.24, 2.45) is 5.92 Å². The zero-order valence-corrected chi connectivity index (χ0v) is 20.8. The van der Waals surface area contributed by atoms with Crippen LogP contribution >= 0.6 is 23.2 Å². The minimum atomic E-state index is -0.493. The van der Waals surface area contributed by atoms with Crippen molar-refractivity contribution < 1.29 is 9.53 Å². The van der Waals surface area contributed by atoms with Crippen LogP contribution in [0.3, 0.4) is 0 Å². The number of anilines is 1. The van der Waals surface area contributed by atoms with Crippen LogP contribution in [0.4, 0.5) is 10.7 Å². The van der Waals surface area contributed by atoms with Gasteiger partial charge in [-0.05, 0) is 63.8 Å². The summed E-state index contributed by atoms with van der Waals surface area (Å²) in [5.74, 6) is 1.07. The first-order valence-corrected chi connectivity index (χ1v) is 12.1. The summed E-state index contributed by atoms with van der Waals surface area (Å²) in [5, 5.41) is 4.79. The summed E-state index contributed by atoms with van der Waals surface area (Å²) in [6.45, 7) is 8.29. The number of likely N-dealkylation sites (tertiary alicyclic amines) is 1. The van der Waals surface area contributed by atoms with E-state index in [1.54, 1.807) is 0 Å². The third-order valence-electron chi connectivity index (χ3n) is 5.75. The van der Waals surface area contributed by atoms with E-state index in [-0.39, 0.29) is 6.09 Å². The third kappa shape index (κ3) is 5.74. The zero-order chi connectivity index (χ0) is 23.6. The average Bonchev–Trinajstić information content (AvgIpc) is 3.11. The molecule has 3 aromatic rings. The molecule has 0 saturated carbocycles. The van der Waals surface area contributed by atoms with E-state index in [2.05, 4.69) is 9.88 Å². The van der Waals surface area contributed by atoms with Crippen LogP contribution < -0.4 is 5.32 Å². The Balaban J connectivity index is 1.51. The van der Waals surface area contributed by atoms with Crippen molar-refractivity contribution in [3.8, 4) is 0 Å². The van der Waals surface area contributed by atoms with Crippen LogP contribution in [0.5, 0.6) is 0 Å². The lowest BCUT2D eigenvalue weighted by molar-refractivity contribution is 0.0172. The lowest BCUT2D eigenvalue weighted by Crippen LogP contribution is -2.44. The maximum absolute atomic E-state index is 12.5. The van der Waals surface area contributed by atoms with Crippen molar-refractivity contribution in [1.29, 1.82) is 0 Å². The first kappa shape index (κ1) is 23.7. The van der Waals surface area contributed by atoms with Crippen LogP contribution in [0.1, 0.15) is 39.2 Å². The number of halogens is 2. The Bertz CT molecular complexity index is 1120. The van der Waals surface area contributed by atoms with Gasteiger partial charge >= 0.3 is 6.09 Å². The van der Waals surface area contributed by atoms with E-state index in [0.717, 1.165) is 41.9 Å². The van der Waals surface area contributed by atoms with Gasteiger partial charge in [-0.1, -0.05) is 41.4 Å². The second-order valence-electron chi connectivity index (χ2n) is 9.53. The summed E-state index contributed by atoms with van der Waals surface area (Å²) in [4.78, 5) is 19.1. The Kier molecular flexibility index (Phi) is 7.05. The molecule has 8 heteroatoms. The Morgan fingerprint density at radius 1 is 1.15 bits per heavy atom. The Labute approximate surface area is 204 Å². The molecule has 33 heavy (non-hydrogen) atoms. The molecule has 2 aromatic carbocycles. The van der Waals surface area contributed by atoms with Crippen LogP contribution in [0.25, 0.3) is 11.0 Å². The van der Waals surface area contributed by atoms with E-state index in [9.17, 15) is 4.79 Å². The van der Waals surface area contributed by atoms with Crippen LogP contribution in [0.2, 0.25) is 10.0 Å². The van der Waals surface area contributed by atoms with Gasteiger partial charge in [0.15, 0.2) is 0 Å². The SMILES string of the molecule is CC(C)(C)OC(=O)N1CCCC(CNc2nc3ccccc3n2Cc2c(Cl)cccc2Cl)C1. The second kappa shape index (κ2) is 9.82. The summed E-state index contributed by atoms with van der Waals surface area (Å²) in [7, 11) is 0. The summed E-state index contributed by atoms with van der Waals surface area (Å²) in [5.41, 5.74) is 2.28. The molecule has 0 bridgehead atoms. The fourth-order valence-electron chi connectivity index (χ4n) is 4.17. The molecule has 1 unspecified atom stereocenters. The Hall–Kier alpha value is -2.44. The predicted octanol–water partition coefficient (Wildman–Crippen LogP) is 6.45. The first-order valence-electron chi connectivity index (χ1n) is 11.3. The topological polar surface area (TPSA) is 59.4 Å². The molecule has 0 aliphatic carbocycles. The van der Waals surface area contributed by atoms with Crippen molar-refractivity contribution in [3.63, 3.8) is 0 Å². The van der Waals surface area contributed by atoms with Crippen molar-refractivity contribution in [2.45, 2.75) is 45.8 Å². The quantitative estimate of drug-likeness (QED) is 0.448. The normalized spacial score (nSPS) is 16.8. The molecule has 1 fully saturated rings. The minimum Gasteiger partial charge on any atom is -0.444 e. The number of carbonyl (C=O) groups excluding carboxylic acids is 1. The highest BCUT2D eigenvalue weighted by Gasteiger charge is 2.28. The molecule has 1 aliphatic heterocycles. The van der Waals surface area contributed by atoms with Crippen molar-refractivity contribution >= 4 is 46.3 Å². The van der Waals surface area contributed by atoms with Crippen molar-refractivity contribution in [3.05, 3.63) is 58.1 Å². The second-order valence-corrected chi connectivity index (χ2v) is 10.3. The molecular formula is C25H30Cl2N4O2. The third-order valence-corrected chi connectivity index (χ3v) is 6.46. The number of benzene rings is 2. The minimum absolute atomic E-state index is 0.243. The largest absolute Gasteiger partial charge is 0.444 e. The maximum Gasteiger partial charge on any atom is 0.410 e. The number of rotatable bonds is 5. The summed E-state index contributed by atoms with van der Waals surface area (Å²) >= 11 is 12.9. The van der Waals surface area contributed by atoms with Crippen LogP contribution in [0, 0.1) is 5.92 Å². The molecule has 176 valence electrons. The zero-order valence-electron chi connectivity index (χ0n) is 19.3. The Morgan fingerprint density at radius 2 is 1.88 bits per heavy atom. The predicted molar refractivity (Wildman–Crippen MR) is 134 cm³/mol. The van der Waals surface area contributed by atoms with E-state index < -0.39 is 5.60 Å². The summed E-state index contributed by atoms with van der Waals surface area (Å²) < 4.78 is 7.67. The number of fused-ring (bicyclic) bond motifs is 1. The fourth-order valence-corrected chi connectivity index (χ4v) is 4.69. The van der Waals surface area contributed by atoms with E-state index in [1.165, 1.54) is 0 Å². The van der Waals surface area contributed by atoms with Gasteiger partial charge in [-0.2, -0.15) is 0 Å². The molecule has 6 nitrogen and oxygen atoms in total. The van der Waals surface area contributed by atoms with Gasteiger partial charge in [-0.15, -0.1) is 0 Å². The molecule has 1 saturated heterocycles. The number of ether oxygens (including phenoxy) is 1. The molecule has 2 heterocycles. The van der Waals surface area contributed by atoms with Gasteiger partial charge in [0.1, 0.15) is 5.60 Å². The summed E-state index contributed by atoms with van der Waals surface area (Å²) in [6.07, 6.45) is 1.76. The maximum atomic E-state index is 12.5. The number of hydrogen-bond donors (Lipinski definition) is 1. The average molecular weight is 489 g/mol. The number of nitrogens with one attached hydrogen (secondary N) is 1. The van der Waals surface area contributed by atoms with Gasteiger partial charge in [-0.3, -0.25) is 0 Å². The highest BCUT2D eigenvalue weighted by molar-refractivity contribution is 6.36. The van der Waals surface area contributed by atoms with Crippen molar-refractivity contribution in [2.75, 3.05) is 25.0 Å². The molecule has 1 N–H and O–H groups in total. The van der Waals surface area contributed by atoms with E-state index >= 15 is 0 Å². The fraction of sp³-hybridized carbons (Fsp3) is 0.440. The van der Waals surface area contributed by atoms with E-state index in [4.69, 9.17) is 32.9 Å². The smallest absolute Gasteiger partial charge is 0.410 e. The lowest BCUT2D eigenvalue weighted by Gasteiger charge is -2.34. The number of imidazole rings is 1. The molecule has 0 radical (unpaired) electrons. The van der Waals surface area contributed by atoms with E-state index in [1.807, 2.05) is 68.1 Å². The molecule has 4 rings (SSSR count). The number of carbonyl (C=O) groups is 1. The number of hydrogen-bond acceptors (Lipinski definition) is 4. The van der Waals surface area contributed by atoms with Crippen molar-refractivity contribution in [1.82, 2.24) is 14.5 Å². The molecular weight excluding hydrogens is 459 g/mol. The highest BCUT2D eigenvalue weighted by atomic mass is 35.5. The molecule has 1 aromatic heterocycles. The number of aromatic nitrogens is 2. The van der Waals surface area contributed by atoms with Gasteiger partial charge < -0.3 is 19.5 Å². The number of amides is 1. The van der Waals surface area contributed by atoms with Gasteiger partial charge in [0.2, 0.25) is 5.95 Å². The van der Waals surface area contributed by atoms with Crippen LogP contribution in [-0.2, 0) is 11.3 Å². The molecule has 1 atom stereocenters. The first-order chi connectivity index (χ1) is 15.7.